The predicted molar refractivity (Wildman–Crippen MR) is 77.9 cm³/mol. The van der Waals surface area contributed by atoms with Crippen LogP contribution in [0.3, 0.4) is 0 Å². The molecule has 0 aromatic carbocycles. The van der Waals surface area contributed by atoms with E-state index in [9.17, 15) is 4.79 Å². The maximum absolute atomic E-state index is 10.4. The van der Waals surface area contributed by atoms with E-state index in [-0.39, 0.29) is 5.91 Å². The largest absolute Gasteiger partial charge is 0.382 e. The van der Waals surface area contributed by atoms with Gasteiger partial charge in [-0.15, -0.1) is 0 Å². The first-order chi connectivity index (χ1) is 8.68. The number of carbonyl (C=O) groups is 1. The quantitative estimate of drug-likeness (QED) is 0.685. The van der Waals surface area contributed by atoms with Crippen LogP contribution in [0.25, 0.3) is 0 Å². The normalized spacial score (nSPS) is 8.56. The highest BCUT2D eigenvalue weighted by Gasteiger charge is 1.90. The first-order valence-electron chi connectivity index (χ1n) is 7.00. The number of hydrogen-bond donors (Lipinski definition) is 1. The minimum Gasteiger partial charge on any atom is -0.382 e. The van der Waals surface area contributed by atoms with E-state index in [1.807, 2.05) is 13.8 Å². The number of amides is 1. The van der Waals surface area contributed by atoms with Crippen LogP contribution in [0.15, 0.2) is 0 Å². The molecule has 0 spiro atoms. The standard InChI is InChI=1S/C8H17NO3.C4H10.C2H6/c1-8(10)9-4-3-5-12-7-6-11-2;1-3-4-2;1-2/h3-7H2,1-2H3,(H,9,10);3-4H2,1-2H3;1-2H3. The van der Waals surface area contributed by atoms with Crippen LogP contribution in [-0.2, 0) is 14.3 Å². The summed E-state index contributed by atoms with van der Waals surface area (Å²) in [6.45, 7) is 12.5. The predicted octanol–water partition coefficient (Wildman–Crippen LogP) is 3.01. The lowest BCUT2D eigenvalue weighted by atomic mass is 10.4. The molecule has 0 aliphatic rings. The van der Waals surface area contributed by atoms with Gasteiger partial charge in [-0.25, -0.2) is 0 Å². The summed E-state index contributed by atoms with van der Waals surface area (Å²) in [4.78, 5) is 10.4. The fraction of sp³-hybridized carbons (Fsp3) is 0.929. The second kappa shape index (κ2) is 25.3. The van der Waals surface area contributed by atoms with Gasteiger partial charge in [0.25, 0.3) is 0 Å². The van der Waals surface area contributed by atoms with Gasteiger partial charge in [0.2, 0.25) is 5.91 Å². The third-order valence-corrected chi connectivity index (χ3v) is 1.77. The second-order valence-corrected chi connectivity index (χ2v) is 3.44. The smallest absolute Gasteiger partial charge is 0.216 e. The number of unbranched alkanes of at least 4 members (excludes halogenated alkanes) is 1. The summed E-state index contributed by atoms with van der Waals surface area (Å²) in [7, 11) is 1.64. The van der Waals surface area contributed by atoms with E-state index in [1.165, 1.54) is 19.8 Å². The highest BCUT2D eigenvalue weighted by molar-refractivity contribution is 5.72. The average Bonchev–Trinajstić information content (AvgIpc) is 2.40. The number of methoxy groups -OCH3 is 1. The van der Waals surface area contributed by atoms with Crippen LogP contribution in [0.2, 0.25) is 0 Å². The van der Waals surface area contributed by atoms with Gasteiger partial charge in [-0.1, -0.05) is 40.5 Å². The number of rotatable bonds is 8. The van der Waals surface area contributed by atoms with Crippen LogP contribution in [0.4, 0.5) is 0 Å². The Hall–Kier alpha value is -0.610. The van der Waals surface area contributed by atoms with Gasteiger partial charge in [0.05, 0.1) is 13.2 Å². The van der Waals surface area contributed by atoms with Gasteiger partial charge in [-0.2, -0.15) is 0 Å². The van der Waals surface area contributed by atoms with Gasteiger partial charge >= 0.3 is 0 Å². The van der Waals surface area contributed by atoms with Crippen molar-refractivity contribution in [1.82, 2.24) is 5.32 Å². The van der Waals surface area contributed by atoms with Gasteiger partial charge in [0.1, 0.15) is 0 Å². The summed E-state index contributed by atoms with van der Waals surface area (Å²) in [5.41, 5.74) is 0. The van der Waals surface area contributed by atoms with E-state index >= 15 is 0 Å². The van der Waals surface area contributed by atoms with Crippen molar-refractivity contribution in [3.8, 4) is 0 Å². The molecule has 0 aliphatic heterocycles. The van der Waals surface area contributed by atoms with Crippen molar-refractivity contribution in [1.29, 1.82) is 0 Å². The highest BCUT2D eigenvalue weighted by atomic mass is 16.5. The fourth-order valence-electron chi connectivity index (χ4n) is 0.683. The zero-order chi connectivity index (χ0) is 14.6. The Kier molecular flexibility index (Phi) is 31.7. The Balaban J connectivity index is -0.000000317. The third kappa shape index (κ3) is 36.1. The zero-order valence-electron chi connectivity index (χ0n) is 13.2. The number of carbonyl (C=O) groups excluding carboxylic acids is 1. The van der Waals surface area contributed by atoms with Crippen molar-refractivity contribution in [2.45, 2.75) is 53.9 Å². The number of ether oxygens (including phenoxy) is 2. The van der Waals surface area contributed by atoms with Crippen LogP contribution in [0.5, 0.6) is 0 Å². The molecule has 0 aromatic rings. The van der Waals surface area contributed by atoms with Crippen LogP contribution in [-0.4, -0.2) is 39.4 Å². The molecule has 4 nitrogen and oxygen atoms in total. The summed E-state index contributed by atoms with van der Waals surface area (Å²) < 4.78 is 9.97. The van der Waals surface area contributed by atoms with Crippen molar-refractivity contribution in [2.24, 2.45) is 0 Å². The summed E-state index contributed by atoms with van der Waals surface area (Å²) in [5, 5.41) is 2.69. The van der Waals surface area contributed by atoms with E-state index in [0.29, 0.717) is 26.4 Å². The number of hydrogen-bond acceptors (Lipinski definition) is 3. The molecule has 0 saturated heterocycles. The number of nitrogens with one attached hydrogen (secondary N) is 1. The van der Waals surface area contributed by atoms with Gasteiger partial charge < -0.3 is 14.8 Å². The van der Waals surface area contributed by atoms with E-state index in [4.69, 9.17) is 9.47 Å². The second-order valence-electron chi connectivity index (χ2n) is 3.44. The molecule has 0 fully saturated rings. The van der Waals surface area contributed by atoms with E-state index in [2.05, 4.69) is 19.2 Å². The minimum atomic E-state index is 0.00638. The molecule has 0 heterocycles. The van der Waals surface area contributed by atoms with Crippen molar-refractivity contribution in [3.63, 3.8) is 0 Å². The van der Waals surface area contributed by atoms with Gasteiger partial charge in [-0.05, 0) is 6.42 Å². The SMILES string of the molecule is CC.CCCC.COCCOCCCNC(C)=O. The van der Waals surface area contributed by atoms with E-state index in [1.54, 1.807) is 7.11 Å². The lowest BCUT2D eigenvalue weighted by Crippen LogP contribution is -2.22. The lowest BCUT2D eigenvalue weighted by molar-refractivity contribution is -0.119. The summed E-state index contributed by atoms with van der Waals surface area (Å²) >= 11 is 0. The molecule has 0 unspecified atom stereocenters. The summed E-state index contributed by atoms with van der Waals surface area (Å²) in [6.07, 6.45) is 3.49. The molecule has 0 rings (SSSR count). The molecule has 1 amide bonds. The molecule has 0 bridgehead atoms. The molecule has 0 aromatic heterocycles. The van der Waals surface area contributed by atoms with Crippen molar-refractivity contribution in [2.75, 3.05) is 33.5 Å². The Morgan fingerprint density at radius 2 is 1.61 bits per heavy atom. The van der Waals surface area contributed by atoms with Crippen LogP contribution in [0, 0.1) is 0 Å². The minimum absolute atomic E-state index is 0.00638. The van der Waals surface area contributed by atoms with Crippen molar-refractivity contribution >= 4 is 5.91 Å². The average molecular weight is 263 g/mol. The van der Waals surface area contributed by atoms with Gasteiger partial charge in [-0.3, -0.25) is 4.79 Å². The monoisotopic (exact) mass is 263 g/mol. The molecule has 0 saturated carbocycles. The maximum atomic E-state index is 10.4. The lowest BCUT2D eigenvalue weighted by Gasteiger charge is -2.03. The summed E-state index contributed by atoms with van der Waals surface area (Å²) in [5.74, 6) is 0.00638. The summed E-state index contributed by atoms with van der Waals surface area (Å²) in [6, 6.07) is 0. The Morgan fingerprint density at radius 3 is 2.00 bits per heavy atom. The molecular formula is C14H33NO3. The van der Waals surface area contributed by atoms with Crippen LogP contribution < -0.4 is 5.32 Å². The molecule has 0 atom stereocenters. The first kappa shape index (κ1) is 22.6. The van der Waals surface area contributed by atoms with Crippen molar-refractivity contribution in [3.05, 3.63) is 0 Å². The fourth-order valence-corrected chi connectivity index (χ4v) is 0.683. The van der Waals surface area contributed by atoms with Gasteiger partial charge in [0.15, 0.2) is 0 Å². The molecule has 4 heteroatoms. The molecular weight excluding hydrogens is 230 g/mol. The topological polar surface area (TPSA) is 47.6 Å². The first-order valence-corrected chi connectivity index (χ1v) is 7.00. The third-order valence-electron chi connectivity index (χ3n) is 1.77. The van der Waals surface area contributed by atoms with Crippen LogP contribution in [0.1, 0.15) is 53.9 Å². The van der Waals surface area contributed by atoms with Gasteiger partial charge in [0, 0.05) is 27.2 Å². The van der Waals surface area contributed by atoms with E-state index in [0.717, 1.165) is 6.42 Å². The van der Waals surface area contributed by atoms with Crippen molar-refractivity contribution < 1.29 is 14.3 Å². The molecule has 112 valence electrons. The maximum Gasteiger partial charge on any atom is 0.216 e. The van der Waals surface area contributed by atoms with E-state index < -0.39 is 0 Å². The molecule has 0 radical (unpaired) electrons. The zero-order valence-corrected chi connectivity index (χ0v) is 13.2. The van der Waals surface area contributed by atoms with Crippen LogP contribution >= 0.6 is 0 Å². The molecule has 0 aliphatic carbocycles. The Bertz CT molecular complexity index is 139. The Morgan fingerprint density at radius 1 is 1.06 bits per heavy atom. The Labute approximate surface area is 113 Å². The molecule has 18 heavy (non-hydrogen) atoms. The molecule has 1 N–H and O–H groups in total. The highest BCUT2D eigenvalue weighted by Crippen LogP contribution is 1.81.